The molecule has 0 radical (unpaired) electrons. The number of phenolic OH excluding ortho intramolecular Hbond substituents is 1. The molecule has 0 aliphatic carbocycles. The van der Waals surface area contributed by atoms with Crippen LogP contribution in [0, 0.1) is 13.8 Å². The monoisotopic (exact) mass is 210 g/mol. The van der Waals surface area contributed by atoms with Gasteiger partial charge in [0.25, 0.3) is 0 Å². The maximum absolute atomic E-state index is 9.87. The number of benzene rings is 1. The molecule has 0 amide bonds. The minimum atomic E-state index is -0.444. The van der Waals surface area contributed by atoms with E-state index in [0.29, 0.717) is 12.2 Å². The zero-order chi connectivity index (χ0) is 11.6. The van der Waals surface area contributed by atoms with Crippen LogP contribution in [0.25, 0.3) is 0 Å². The number of rotatable bonds is 3. The van der Waals surface area contributed by atoms with Gasteiger partial charge in [0.1, 0.15) is 0 Å². The van der Waals surface area contributed by atoms with Crippen LogP contribution >= 0.6 is 0 Å². The quantitative estimate of drug-likeness (QED) is 0.801. The second kappa shape index (κ2) is 4.53. The molecule has 0 heterocycles. The summed E-state index contributed by atoms with van der Waals surface area (Å²) < 4.78 is 5.15. The van der Waals surface area contributed by atoms with E-state index in [1.807, 2.05) is 19.9 Å². The van der Waals surface area contributed by atoms with Gasteiger partial charge in [-0.1, -0.05) is 6.07 Å². The molecule has 0 fully saturated rings. The Morgan fingerprint density at radius 3 is 2.47 bits per heavy atom. The van der Waals surface area contributed by atoms with Gasteiger partial charge in [-0.05, 0) is 31.9 Å². The summed E-state index contributed by atoms with van der Waals surface area (Å²) in [4.78, 5) is 0. The van der Waals surface area contributed by atoms with Crippen LogP contribution in [0.15, 0.2) is 6.07 Å². The van der Waals surface area contributed by atoms with E-state index in [-0.39, 0.29) is 5.75 Å². The van der Waals surface area contributed by atoms with Gasteiger partial charge in [-0.2, -0.15) is 0 Å². The molecule has 0 aromatic heterocycles. The average molecular weight is 210 g/mol. The van der Waals surface area contributed by atoms with Crippen molar-refractivity contribution >= 4 is 0 Å². The Kier molecular flexibility index (Phi) is 3.58. The van der Waals surface area contributed by atoms with Crippen molar-refractivity contribution < 1.29 is 14.9 Å². The molecular formula is C12H18O3. The number of hydrogen-bond acceptors (Lipinski definition) is 3. The van der Waals surface area contributed by atoms with E-state index in [1.54, 1.807) is 6.92 Å². The first kappa shape index (κ1) is 11.9. The molecule has 2 N–H and O–H groups in total. The molecule has 1 aromatic carbocycles. The van der Waals surface area contributed by atoms with Crippen molar-refractivity contribution in [2.24, 2.45) is 0 Å². The first-order valence-corrected chi connectivity index (χ1v) is 5.01. The first-order chi connectivity index (χ1) is 6.97. The largest absolute Gasteiger partial charge is 0.504 e. The molecule has 15 heavy (non-hydrogen) atoms. The van der Waals surface area contributed by atoms with Crippen LogP contribution in [0.3, 0.4) is 0 Å². The lowest BCUT2D eigenvalue weighted by Gasteiger charge is -2.15. The number of aromatic hydroxyl groups is 1. The molecule has 0 saturated carbocycles. The van der Waals surface area contributed by atoms with Gasteiger partial charge >= 0.3 is 0 Å². The molecule has 0 bridgehead atoms. The van der Waals surface area contributed by atoms with Crippen molar-refractivity contribution in [3.05, 3.63) is 22.8 Å². The Bertz CT molecular complexity index is 356. The molecule has 0 spiro atoms. The number of ether oxygens (including phenoxy) is 1. The second-order valence-corrected chi connectivity index (χ2v) is 3.91. The number of aliphatic hydroxyl groups excluding tert-OH is 1. The van der Waals surface area contributed by atoms with Crippen LogP contribution in [-0.2, 0) is 6.42 Å². The van der Waals surface area contributed by atoms with Crippen LogP contribution in [0.1, 0.15) is 23.6 Å². The van der Waals surface area contributed by atoms with Crippen LogP contribution in [-0.4, -0.2) is 23.4 Å². The van der Waals surface area contributed by atoms with E-state index >= 15 is 0 Å². The molecule has 1 aromatic rings. The second-order valence-electron chi connectivity index (χ2n) is 3.91. The summed E-state index contributed by atoms with van der Waals surface area (Å²) in [5, 5.41) is 19.2. The minimum absolute atomic E-state index is 0.174. The van der Waals surface area contributed by atoms with Gasteiger partial charge in [-0.3, -0.25) is 0 Å². The zero-order valence-corrected chi connectivity index (χ0v) is 9.66. The minimum Gasteiger partial charge on any atom is -0.504 e. The van der Waals surface area contributed by atoms with E-state index in [1.165, 1.54) is 7.11 Å². The Hall–Kier alpha value is -1.22. The Balaban J connectivity index is 3.25. The fourth-order valence-corrected chi connectivity index (χ4v) is 1.64. The molecule has 1 unspecified atom stereocenters. The maximum Gasteiger partial charge on any atom is 0.164 e. The summed E-state index contributed by atoms with van der Waals surface area (Å²) in [5.74, 6) is 0.646. The van der Waals surface area contributed by atoms with Crippen molar-refractivity contribution in [3.63, 3.8) is 0 Å². The lowest BCUT2D eigenvalue weighted by atomic mass is 10.00. The normalized spacial score (nSPS) is 12.6. The van der Waals surface area contributed by atoms with E-state index in [0.717, 1.165) is 16.7 Å². The van der Waals surface area contributed by atoms with Crippen LogP contribution in [0.5, 0.6) is 11.5 Å². The van der Waals surface area contributed by atoms with Gasteiger partial charge < -0.3 is 14.9 Å². The zero-order valence-electron chi connectivity index (χ0n) is 9.66. The van der Waals surface area contributed by atoms with Crippen LogP contribution < -0.4 is 4.74 Å². The van der Waals surface area contributed by atoms with E-state index in [9.17, 15) is 10.2 Å². The number of aliphatic hydroxyl groups is 1. The topological polar surface area (TPSA) is 49.7 Å². The standard InChI is InChI=1S/C12H18O3/c1-7-5-10(6-8(2)13)12(15-4)11(14)9(7)3/h5,8,13-14H,6H2,1-4H3. The molecule has 3 heteroatoms. The Morgan fingerprint density at radius 1 is 1.40 bits per heavy atom. The summed E-state index contributed by atoms with van der Waals surface area (Å²) >= 11 is 0. The van der Waals surface area contributed by atoms with Crippen molar-refractivity contribution in [1.82, 2.24) is 0 Å². The van der Waals surface area contributed by atoms with Crippen LogP contribution in [0.4, 0.5) is 0 Å². The number of aryl methyl sites for hydroxylation is 1. The van der Waals surface area contributed by atoms with E-state index in [2.05, 4.69) is 0 Å². The highest BCUT2D eigenvalue weighted by molar-refractivity contribution is 5.54. The summed E-state index contributed by atoms with van der Waals surface area (Å²) in [5.41, 5.74) is 2.67. The lowest BCUT2D eigenvalue weighted by molar-refractivity contribution is 0.194. The number of hydrogen-bond donors (Lipinski definition) is 2. The molecule has 0 aliphatic rings. The molecule has 84 valence electrons. The third kappa shape index (κ3) is 2.42. The smallest absolute Gasteiger partial charge is 0.164 e. The Labute approximate surface area is 90.3 Å². The van der Waals surface area contributed by atoms with Crippen LogP contribution in [0.2, 0.25) is 0 Å². The number of methoxy groups -OCH3 is 1. The fourth-order valence-electron chi connectivity index (χ4n) is 1.64. The number of phenols is 1. The Morgan fingerprint density at radius 2 is 2.00 bits per heavy atom. The maximum atomic E-state index is 9.87. The highest BCUT2D eigenvalue weighted by atomic mass is 16.5. The van der Waals surface area contributed by atoms with E-state index < -0.39 is 6.10 Å². The SMILES string of the molecule is COc1c(CC(C)O)cc(C)c(C)c1O. The average Bonchev–Trinajstić information content (AvgIpc) is 2.14. The molecule has 3 nitrogen and oxygen atoms in total. The summed E-state index contributed by atoms with van der Waals surface area (Å²) in [7, 11) is 1.52. The van der Waals surface area contributed by atoms with Crippen molar-refractivity contribution in [3.8, 4) is 11.5 Å². The summed E-state index contributed by atoms with van der Waals surface area (Å²) in [6, 6.07) is 1.95. The van der Waals surface area contributed by atoms with E-state index in [4.69, 9.17) is 4.74 Å². The van der Waals surface area contributed by atoms with Crippen molar-refractivity contribution in [2.75, 3.05) is 7.11 Å². The highest BCUT2D eigenvalue weighted by Gasteiger charge is 2.14. The summed E-state index contributed by atoms with van der Waals surface area (Å²) in [6.45, 7) is 5.49. The highest BCUT2D eigenvalue weighted by Crippen LogP contribution is 2.36. The van der Waals surface area contributed by atoms with Crippen molar-refractivity contribution in [1.29, 1.82) is 0 Å². The van der Waals surface area contributed by atoms with Gasteiger partial charge in [0, 0.05) is 12.0 Å². The van der Waals surface area contributed by atoms with Crippen molar-refractivity contribution in [2.45, 2.75) is 33.3 Å². The molecule has 0 saturated heterocycles. The third-order valence-electron chi connectivity index (χ3n) is 2.56. The molecule has 0 aliphatic heterocycles. The molecular weight excluding hydrogens is 192 g/mol. The predicted octanol–water partition coefficient (Wildman–Crippen LogP) is 1.94. The summed E-state index contributed by atoms with van der Waals surface area (Å²) in [6.07, 6.45) is 0.0399. The first-order valence-electron chi connectivity index (χ1n) is 5.01. The van der Waals surface area contributed by atoms with Gasteiger partial charge in [0.05, 0.1) is 13.2 Å². The third-order valence-corrected chi connectivity index (χ3v) is 2.56. The van der Waals surface area contributed by atoms with Gasteiger partial charge in [-0.25, -0.2) is 0 Å². The molecule has 1 rings (SSSR count). The fraction of sp³-hybridized carbons (Fsp3) is 0.500. The predicted molar refractivity (Wildman–Crippen MR) is 59.5 cm³/mol. The van der Waals surface area contributed by atoms with Gasteiger partial charge in [0.15, 0.2) is 11.5 Å². The van der Waals surface area contributed by atoms with Gasteiger partial charge in [-0.15, -0.1) is 0 Å². The van der Waals surface area contributed by atoms with Gasteiger partial charge in [0.2, 0.25) is 0 Å². The molecule has 1 atom stereocenters. The lowest BCUT2D eigenvalue weighted by Crippen LogP contribution is -2.06.